The molecule has 1 aliphatic carbocycles. The largest absolute Gasteiger partial charge is 0.478 e. The molecule has 0 radical (unpaired) electrons. The van der Waals surface area contributed by atoms with Crippen molar-refractivity contribution in [2.24, 2.45) is 5.92 Å². The van der Waals surface area contributed by atoms with Gasteiger partial charge in [-0.05, 0) is 43.0 Å². The Kier molecular flexibility index (Phi) is 3.74. The Morgan fingerprint density at radius 2 is 2.16 bits per heavy atom. The van der Waals surface area contributed by atoms with Crippen LogP contribution in [0.4, 0.5) is 10.5 Å². The lowest BCUT2D eigenvalue weighted by Crippen LogP contribution is -2.31. The minimum atomic E-state index is -0.961. The molecule has 0 heterocycles. The topological polar surface area (TPSA) is 78.4 Å². The molecule has 102 valence electrons. The number of aromatic carboxylic acids is 1. The van der Waals surface area contributed by atoms with E-state index >= 15 is 0 Å². The van der Waals surface area contributed by atoms with Crippen LogP contribution in [0.15, 0.2) is 18.2 Å². The molecule has 2 amide bonds. The van der Waals surface area contributed by atoms with Crippen LogP contribution < -0.4 is 10.6 Å². The first kappa shape index (κ1) is 13.4. The van der Waals surface area contributed by atoms with Gasteiger partial charge in [-0.2, -0.15) is 0 Å². The molecule has 0 saturated heterocycles. The van der Waals surface area contributed by atoms with Crippen LogP contribution in [0.3, 0.4) is 0 Å². The fourth-order valence-corrected chi connectivity index (χ4v) is 2.19. The van der Waals surface area contributed by atoms with Gasteiger partial charge in [0.2, 0.25) is 0 Å². The molecule has 0 aliphatic heterocycles. The summed E-state index contributed by atoms with van der Waals surface area (Å²) in [6.45, 7) is 3.82. The summed E-state index contributed by atoms with van der Waals surface area (Å²) in [7, 11) is 0. The van der Waals surface area contributed by atoms with Crippen LogP contribution in [-0.4, -0.2) is 23.1 Å². The van der Waals surface area contributed by atoms with Gasteiger partial charge >= 0.3 is 12.0 Å². The third kappa shape index (κ3) is 3.24. The summed E-state index contributed by atoms with van der Waals surface area (Å²) in [6.07, 6.45) is 2.12. The van der Waals surface area contributed by atoms with E-state index in [0.29, 0.717) is 17.2 Å². The van der Waals surface area contributed by atoms with E-state index in [-0.39, 0.29) is 17.6 Å². The Morgan fingerprint density at radius 1 is 1.42 bits per heavy atom. The lowest BCUT2D eigenvalue weighted by molar-refractivity contribution is 0.0696. The van der Waals surface area contributed by atoms with Crippen molar-refractivity contribution >= 4 is 17.7 Å². The minimum absolute atomic E-state index is 0.233. The van der Waals surface area contributed by atoms with E-state index < -0.39 is 5.97 Å². The SMILES string of the molecule is CCC1CC1NC(=O)Nc1ccc(C(=O)O)c(C)c1. The molecule has 19 heavy (non-hydrogen) atoms. The van der Waals surface area contributed by atoms with Gasteiger partial charge in [-0.15, -0.1) is 0 Å². The summed E-state index contributed by atoms with van der Waals surface area (Å²) in [5.74, 6) is -0.362. The molecule has 0 aromatic heterocycles. The number of rotatable bonds is 4. The van der Waals surface area contributed by atoms with E-state index in [9.17, 15) is 9.59 Å². The highest BCUT2D eigenvalue weighted by molar-refractivity contribution is 5.93. The highest BCUT2D eigenvalue weighted by atomic mass is 16.4. The van der Waals surface area contributed by atoms with Crippen molar-refractivity contribution in [2.45, 2.75) is 32.7 Å². The van der Waals surface area contributed by atoms with Crippen LogP contribution in [0.1, 0.15) is 35.7 Å². The number of anilines is 1. The number of nitrogens with one attached hydrogen (secondary N) is 2. The third-order valence-corrected chi connectivity index (χ3v) is 3.48. The molecule has 5 nitrogen and oxygen atoms in total. The van der Waals surface area contributed by atoms with Crippen LogP contribution in [0.25, 0.3) is 0 Å². The number of carbonyl (C=O) groups excluding carboxylic acids is 1. The number of benzene rings is 1. The Morgan fingerprint density at radius 3 is 2.68 bits per heavy atom. The summed E-state index contributed by atoms with van der Waals surface area (Å²) in [4.78, 5) is 22.6. The number of urea groups is 1. The second kappa shape index (κ2) is 5.30. The van der Waals surface area contributed by atoms with Crippen LogP contribution >= 0.6 is 0 Å². The van der Waals surface area contributed by atoms with Crippen molar-refractivity contribution in [3.05, 3.63) is 29.3 Å². The minimum Gasteiger partial charge on any atom is -0.478 e. The lowest BCUT2D eigenvalue weighted by atomic mass is 10.1. The second-order valence-corrected chi connectivity index (χ2v) is 4.94. The molecule has 0 spiro atoms. The fraction of sp³-hybridized carbons (Fsp3) is 0.429. The predicted molar refractivity (Wildman–Crippen MR) is 72.5 cm³/mol. The second-order valence-electron chi connectivity index (χ2n) is 4.94. The molecule has 1 aromatic carbocycles. The summed E-state index contributed by atoms with van der Waals surface area (Å²) < 4.78 is 0. The van der Waals surface area contributed by atoms with Gasteiger partial charge in [-0.3, -0.25) is 0 Å². The molecule has 1 aromatic rings. The zero-order valence-corrected chi connectivity index (χ0v) is 11.1. The molecule has 3 N–H and O–H groups in total. The summed E-state index contributed by atoms with van der Waals surface area (Å²) in [5, 5.41) is 14.5. The van der Waals surface area contributed by atoms with Gasteiger partial charge in [0, 0.05) is 11.7 Å². The summed E-state index contributed by atoms with van der Waals surface area (Å²) in [6, 6.07) is 4.81. The first-order valence-corrected chi connectivity index (χ1v) is 6.42. The summed E-state index contributed by atoms with van der Waals surface area (Å²) >= 11 is 0. The number of carboxylic acids is 1. The maximum atomic E-state index is 11.7. The molecule has 0 bridgehead atoms. The summed E-state index contributed by atoms with van der Waals surface area (Å²) in [5.41, 5.74) is 1.48. The maximum Gasteiger partial charge on any atom is 0.335 e. The number of amides is 2. The fourth-order valence-electron chi connectivity index (χ4n) is 2.19. The van der Waals surface area contributed by atoms with Crippen LogP contribution in [0, 0.1) is 12.8 Å². The molecule has 1 saturated carbocycles. The molecule has 2 unspecified atom stereocenters. The lowest BCUT2D eigenvalue weighted by Gasteiger charge is -2.09. The van der Waals surface area contributed by atoms with E-state index in [1.54, 1.807) is 19.1 Å². The van der Waals surface area contributed by atoms with Gasteiger partial charge in [-0.1, -0.05) is 13.3 Å². The average molecular weight is 262 g/mol. The zero-order valence-electron chi connectivity index (χ0n) is 11.1. The first-order valence-electron chi connectivity index (χ1n) is 6.42. The third-order valence-electron chi connectivity index (χ3n) is 3.48. The van der Waals surface area contributed by atoms with E-state index in [2.05, 4.69) is 17.6 Å². The van der Waals surface area contributed by atoms with E-state index in [1.165, 1.54) is 6.07 Å². The number of aryl methyl sites for hydroxylation is 1. The highest BCUT2D eigenvalue weighted by Crippen LogP contribution is 2.33. The van der Waals surface area contributed by atoms with E-state index in [1.807, 2.05) is 0 Å². The van der Waals surface area contributed by atoms with E-state index in [4.69, 9.17) is 5.11 Å². The zero-order chi connectivity index (χ0) is 14.0. The van der Waals surface area contributed by atoms with Crippen molar-refractivity contribution in [2.75, 3.05) is 5.32 Å². The molecule has 2 atom stereocenters. The molecule has 1 fully saturated rings. The normalized spacial score (nSPS) is 20.7. The van der Waals surface area contributed by atoms with Crippen molar-refractivity contribution < 1.29 is 14.7 Å². The van der Waals surface area contributed by atoms with Crippen molar-refractivity contribution in [3.8, 4) is 0 Å². The standard InChI is InChI=1S/C14H18N2O3/c1-3-9-7-12(9)16-14(19)15-10-4-5-11(13(17)18)8(2)6-10/h4-6,9,12H,3,7H2,1-2H3,(H,17,18)(H2,15,16,19). The van der Waals surface area contributed by atoms with Gasteiger partial charge in [0.15, 0.2) is 0 Å². The Bertz CT molecular complexity index is 513. The van der Waals surface area contributed by atoms with Crippen LogP contribution in [-0.2, 0) is 0 Å². The Balaban J connectivity index is 1.94. The maximum absolute atomic E-state index is 11.7. The Hall–Kier alpha value is -2.04. The number of hydrogen-bond donors (Lipinski definition) is 3. The molecule has 5 heteroatoms. The average Bonchev–Trinajstić information content (AvgIpc) is 3.06. The first-order chi connectivity index (χ1) is 9.01. The van der Waals surface area contributed by atoms with Crippen LogP contribution in [0.2, 0.25) is 0 Å². The van der Waals surface area contributed by atoms with Gasteiger partial charge in [0.1, 0.15) is 0 Å². The van der Waals surface area contributed by atoms with E-state index in [0.717, 1.165) is 12.8 Å². The molecular weight excluding hydrogens is 244 g/mol. The Labute approximate surface area is 112 Å². The van der Waals surface area contributed by atoms with Gasteiger partial charge in [0.25, 0.3) is 0 Å². The molecule has 1 aliphatic rings. The van der Waals surface area contributed by atoms with Crippen molar-refractivity contribution in [1.29, 1.82) is 0 Å². The van der Waals surface area contributed by atoms with Gasteiger partial charge in [0.05, 0.1) is 5.56 Å². The number of carbonyl (C=O) groups is 2. The van der Waals surface area contributed by atoms with Crippen LogP contribution in [0.5, 0.6) is 0 Å². The molecule has 2 rings (SSSR count). The monoisotopic (exact) mass is 262 g/mol. The number of carboxylic acid groups (broad SMARTS) is 1. The number of hydrogen-bond acceptors (Lipinski definition) is 2. The van der Waals surface area contributed by atoms with Gasteiger partial charge < -0.3 is 15.7 Å². The predicted octanol–water partition coefficient (Wildman–Crippen LogP) is 2.61. The highest BCUT2D eigenvalue weighted by Gasteiger charge is 2.36. The van der Waals surface area contributed by atoms with Crippen molar-refractivity contribution in [3.63, 3.8) is 0 Å². The smallest absolute Gasteiger partial charge is 0.335 e. The molecular formula is C14H18N2O3. The quantitative estimate of drug-likeness (QED) is 0.780. The van der Waals surface area contributed by atoms with Gasteiger partial charge in [-0.25, -0.2) is 9.59 Å². The van der Waals surface area contributed by atoms with Crippen molar-refractivity contribution in [1.82, 2.24) is 5.32 Å².